The molecule has 1 unspecified atom stereocenters. The molecule has 21 heavy (non-hydrogen) atoms. The largest absolute Gasteiger partial charge is 0.271 e. The van der Waals surface area contributed by atoms with Crippen molar-refractivity contribution < 1.29 is 0 Å². The third-order valence-corrected chi connectivity index (χ3v) is 5.07. The Morgan fingerprint density at radius 1 is 1.10 bits per heavy atom. The van der Waals surface area contributed by atoms with Gasteiger partial charge in [-0.1, -0.05) is 52.0 Å². The second-order valence-corrected chi connectivity index (χ2v) is 7.74. The van der Waals surface area contributed by atoms with Crippen LogP contribution in [0, 0.1) is 0 Å². The Kier molecular flexibility index (Phi) is 5.20. The van der Waals surface area contributed by atoms with Crippen LogP contribution in [0.15, 0.2) is 36.4 Å². The molecule has 2 aromatic rings. The van der Waals surface area contributed by atoms with Gasteiger partial charge in [0.1, 0.15) is 0 Å². The van der Waals surface area contributed by atoms with Gasteiger partial charge in [-0.2, -0.15) is 0 Å². The molecule has 0 aliphatic heterocycles. The Morgan fingerprint density at radius 3 is 2.33 bits per heavy atom. The fourth-order valence-corrected chi connectivity index (χ4v) is 3.67. The third kappa shape index (κ3) is 3.94. The normalized spacial score (nSPS) is 13.4. The minimum atomic E-state index is 0.121. The Hall–Kier alpha value is -1.16. The maximum atomic E-state index is 5.86. The molecule has 1 aromatic carbocycles. The number of nitrogens with one attached hydrogen (secondary N) is 1. The second-order valence-electron chi connectivity index (χ2n) is 6.48. The minimum absolute atomic E-state index is 0.121. The van der Waals surface area contributed by atoms with E-state index >= 15 is 0 Å². The van der Waals surface area contributed by atoms with Gasteiger partial charge in [0.05, 0.1) is 6.04 Å². The van der Waals surface area contributed by atoms with Crippen LogP contribution in [0.25, 0.3) is 0 Å². The molecule has 1 aromatic heterocycles. The zero-order chi connectivity index (χ0) is 15.5. The van der Waals surface area contributed by atoms with E-state index in [-0.39, 0.29) is 11.5 Å². The summed E-state index contributed by atoms with van der Waals surface area (Å²) in [5, 5.41) is 0. The highest BCUT2D eigenvalue weighted by atomic mass is 32.1. The summed E-state index contributed by atoms with van der Waals surface area (Å²) in [4.78, 5) is 2.82. The standard InChI is InChI=1S/C18H26N2S/c1-5-13-10-11-14(21-13)12-17(20-19)15-8-6-7-9-16(15)18(2,3)4/h6-11,17,20H,5,12,19H2,1-4H3. The van der Waals surface area contributed by atoms with E-state index in [9.17, 15) is 0 Å². The first-order valence-electron chi connectivity index (χ1n) is 7.58. The first-order valence-corrected chi connectivity index (χ1v) is 8.40. The van der Waals surface area contributed by atoms with Crippen LogP contribution in [0.5, 0.6) is 0 Å². The lowest BCUT2D eigenvalue weighted by Gasteiger charge is -2.27. The number of benzene rings is 1. The molecule has 0 saturated heterocycles. The van der Waals surface area contributed by atoms with Crippen molar-refractivity contribution in [2.75, 3.05) is 0 Å². The molecule has 0 fully saturated rings. The number of thiophene rings is 1. The van der Waals surface area contributed by atoms with E-state index in [0.29, 0.717) is 0 Å². The summed E-state index contributed by atoms with van der Waals surface area (Å²) < 4.78 is 0. The second kappa shape index (κ2) is 6.73. The van der Waals surface area contributed by atoms with Crippen LogP contribution in [0.3, 0.4) is 0 Å². The molecule has 1 heterocycles. The highest BCUT2D eigenvalue weighted by Crippen LogP contribution is 2.32. The molecule has 2 nitrogen and oxygen atoms in total. The van der Waals surface area contributed by atoms with Gasteiger partial charge < -0.3 is 0 Å². The summed E-state index contributed by atoms with van der Waals surface area (Å²) in [5.74, 6) is 5.86. The lowest BCUT2D eigenvalue weighted by Crippen LogP contribution is -2.31. The number of aryl methyl sites for hydroxylation is 1. The van der Waals surface area contributed by atoms with Crippen LogP contribution in [0.2, 0.25) is 0 Å². The lowest BCUT2D eigenvalue weighted by molar-refractivity contribution is 0.520. The van der Waals surface area contributed by atoms with E-state index in [1.165, 1.54) is 20.9 Å². The van der Waals surface area contributed by atoms with Gasteiger partial charge in [0.2, 0.25) is 0 Å². The van der Waals surface area contributed by atoms with Crippen molar-refractivity contribution in [2.45, 2.75) is 52.0 Å². The van der Waals surface area contributed by atoms with Gasteiger partial charge in [0, 0.05) is 16.2 Å². The summed E-state index contributed by atoms with van der Waals surface area (Å²) in [7, 11) is 0. The van der Waals surface area contributed by atoms with Gasteiger partial charge in [0.15, 0.2) is 0 Å². The predicted octanol–water partition coefficient (Wildman–Crippen LogP) is 4.36. The van der Waals surface area contributed by atoms with E-state index in [1.807, 2.05) is 11.3 Å². The van der Waals surface area contributed by atoms with Crippen molar-refractivity contribution in [3.05, 3.63) is 57.3 Å². The van der Waals surface area contributed by atoms with Crippen LogP contribution in [0.1, 0.15) is 54.6 Å². The Morgan fingerprint density at radius 2 is 1.76 bits per heavy atom. The Labute approximate surface area is 132 Å². The summed E-state index contributed by atoms with van der Waals surface area (Å²) >= 11 is 1.89. The third-order valence-electron chi connectivity index (χ3n) is 3.82. The van der Waals surface area contributed by atoms with Crippen molar-refractivity contribution in [3.8, 4) is 0 Å². The van der Waals surface area contributed by atoms with E-state index < -0.39 is 0 Å². The summed E-state index contributed by atoms with van der Waals surface area (Å²) in [6, 6.07) is 13.2. The van der Waals surface area contributed by atoms with Crippen LogP contribution in [-0.4, -0.2) is 0 Å². The highest BCUT2D eigenvalue weighted by molar-refractivity contribution is 7.11. The molecule has 0 saturated carbocycles. The molecule has 114 valence electrons. The molecule has 0 aliphatic rings. The van der Waals surface area contributed by atoms with E-state index in [4.69, 9.17) is 5.84 Å². The summed E-state index contributed by atoms with van der Waals surface area (Å²) in [5.41, 5.74) is 5.80. The molecule has 1 atom stereocenters. The molecule has 0 aliphatic carbocycles. The van der Waals surface area contributed by atoms with Crippen molar-refractivity contribution in [2.24, 2.45) is 5.84 Å². The number of hydrogen-bond acceptors (Lipinski definition) is 3. The molecule has 0 amide bonds. The highest BCUT2D eigenvalue weighted by Gasteiger charge is 2.22. The lowest BCUT2D eigenvalue weighted by atomic mass is 9.81. The van der Waals surface area contributed by atoms with Gasteiger partial charge in [-0.25, -0.2) is 0 Å². The van der Waals surface area contributed by atoms with Crippen LogP contribution < -0.4 is 11.3 Å². The van der Waals surface area contributed by atoms with Gasteiger partial charge in [-0.15, -0.1) is 11.3 Å². The van der Waals surface area contributed by atoms with E-state index in [0.717, 1.165) is 12.8 Å². The van der Waals surface area contributed by atoms with Crippen molar-refractivity contribution >= 4 is 11.3 Å². The first-order chi connectivity index (χ1) is 9.95. The maximum absolute atomic E-state index is 5.86. The summed E-state index contributed by atoms with van der Waals surface area (Å²) in [6.07, 6.45) is 2.04. The molecule has 2 rings (SSSR count). The zero-order valence-electron chi connectivity index (χ0n) is 13.4. The fourth-order valence-electron chi connectivity index (χ4n) is 2.67. The van der Waals surface area contributed by atoms with Crippen molar-refractivity contribution in [1.29, 1.82) is 0 Å². The summed E-state index contributed by atoms with van der Waals surface area (Å²) in [6.45, 7) is 8.95. The zero-order valence-corrected chi connectivity index (χ0v) is 14.3. The quantitative estimate of drug-likeness (QED) is 0.636. The molecule has 3 N–H and O–H groups in total. The molecular formula is C18H26N2S. The van der Waals surface area contributed by atoms with Crippen LogP contribution in [0.4, 0.5) is 0 Å². The van der Waals surface area contributed by atoms with Crippen LogP contribution in [-0.2, 0) is 18.3 Å². The molecule has 0 radical (unpaired) electrons. The van der Waals surface area contributed by atoms with E-state index in [2.05, 4.69) is 69.5 Å². The molecule has 3 heteroatoms. The van der Waals surface area contributed by atoms with Crippen molar-refractivity contribution in [3.63, 3.8) is 0 Å². The van der Waals surface area contributed by atoms with Gasteiger partial charge in [-0.3, -0.25) is 11.3 Å². The number of rotatable bonds is 5. The fraction of sp³-hybridized carbons (Fsp3) is 0.444. The van der Waals surface area contributed by atoms with E-state index in [1.54, 1.807) is 0 Å². The molecular weight excluding hydrogens is 276 g/mol. The average Bonchev–Trinajstić information content (AvgIpc) is 2.91. The Bertz CT molecular complexity index is 581. The van der Waals surface area contributed by atoms with Gasteiger partial charge in [-0.05, 0) is 35.1 Å². The predicted molar refractivity (Wildman–Crippen MR) is 92.6 cm³/mol. The topological polar surface area (TPSA) is 38.0 Å². The Balaban J connectivity index is 2.29. The molecule has 0 bridgehead atoms. The van der Waals surface area contributed by atoms with Crippen molar-refractivity contribution in [1.82, 2.24) is 5.43 Å². The first kappa shape index (κ1) is 16.2. The minimum Gasteiger partial charge on any atom is -0.271 e. The monoisotopic (exact) mass is 302 g/mol. The molecule has 0 spiro atoms. The smallest absolute Gasteiger partial charge is 0.0511 e. The van der Waals surface area contributed by atoms with Gasteiger partial charge >= 0.3 is 0 Å². The van der Waals surface area contributed by atoms with Gasteiger partial charge in [0.25, 0.3) is 0 Å². The number of hydrazine groups is 1. The number of nitrogens with two attached hydrogens (primary N) is 1. The SMILES string of the molecule is CCc1ccc(CC(NN)c2ccccc2C(C)(C)C)s1. The maximum Gasteiger partial charge on any atom is 0.0511 e. The average molecular weight is 302 g/mol. The van der Waals surface area contributed by atoms with Crippen LogP contribution >= 0.6 is 11.3 Å². The number of hydrogen-bond donors (Lipinski definition) is 2.